The van der Waals surface area contributed by atoms with Crippen molar-refractivity contribution >= 4 is 27.5 Å². The summed E-state index contributed by atoms with van der Waals surface area (Å²) >= 11 is 5.72. The molecule has 0 bridgehead atoms. The molecule has 0 aliphatic carbocycles. The van der Waals surface area contributed by atoms with E-state index in [1.54, 1.807) is 0 Å². The van der Waals surface area contributed by atoms with Crippen molar-refractivity contribution in [3.05, 3.63) is 28.3 Å². The highest BCUT2D eigenvalue weighted by atomic mass is 35.5. The fourth-order valence-electron chi connectivity index (χ4n) is 2.37. The summed E-state index contributed by atoms with van der Waals surface area (Å²) in [4.78, 5) is 11.3. The predicted molar refractivity (Wildman–Crippen MR) is 77.1 cm³/mol. The second-order valence-corrected chi connectivity index (χ2v) is 7.28. The first-order valence-electron chi connectivity index (χ1n) is 6.89. The van der Waals surface area contributed by atoms with Gasteiger partial charge in [0.2, 0.25) is 0 Å². The molecule has 1 N–H and O–H groups in total. The summed E-state index contributed by atoms with van der Waals surface area (Å²) in [6, 6.07) is 0.709. The van der Waals surface area contributed by atoms with E-state index in [0.717, 1.165) is 6.07 Å². The van der Waals surface area contributed by atoms with E-state index in [9.17, 15) is 39.6 Å². The van der Waals surface area contributed by atoms with E-state index in [1.165, 1.54) is 6.07 Å². The van der Waals surface area contributed by atoms with Gasteiger partial charge in [0.1, 0.15) is 0 Å². The van der Waals surface area contributed by atoms with E-state index < -0.39 is 50.8 Å². The lowest BCUT2D eigenvalue weighted by Gasteiger charge is -2.16. The summed E-state index contributed by atoms with van der Waals surface area (Å²) in [5.74, 6) is -2.86. The molecule has 146 valence electrons. The highest BCUT2D eigenvalue weighted by Crippen LogP contribution is 2.38. The van der Waals surface area contributed by atoms with E-state index in [4.69, 9.17) is 11.6 Å². The zero-order chi connectivity index (χ0) is 19.9. The van der Waals surface area contributed by atoms with E-state index in [0.29, 0.717) is 0 Å². The number of fused-ring (bicyclic) bond motifs is 1. The maximum absolute atomic E-state index is 12.6. The third-order valence-electron chi connectivity index (χ3n) is 3.60. The van der Waals surface area contributed by atoms with Crippen molar-refractivity contribution in [3.8, 4) is 5.75 Å². The minimum Gasteiger partial charge on any atom is -0.374 e. The molecule has 13 heteroatoms. The Morgan fingerprint density at radius 3 is 2.35 bits per heavy atom. The molecule has 1 heterocycles. The number of ketones is 1. The number of hydrogen-bond donors (Lipinski definition) is 1. The molecule has 0 amide bonds. The van der Waals surface area contributed by atoms with Gasteiger partial charge in [0.15, 0.2) is 5.75 Å². The van der Waals surface area contributed by atoms with Crippen LogP contribution in [-0.4, -0.2) is 31.9 Å². The zero-order valence-electron chi connectivity index (χ0n) is 12.5. The monoisotopic (exact) mass is 425 g/mol. The first-order chi connectivity index (χ1) is 11.7. The van der Waals surface area contributed by atoms with Gasteiger partial charge in [0.25, 0.3) is 5.78 Å². The summed E-state index contributed by atoms with van der Waals surface area (Å²) in [5.41, 5.74) is -5.66. The SMILES string of the molecule is O=C(C1CCc2c(ccc(Cl)c2OS(=O)(=O)C(F)(F)F)CN1)C(F)(F)F. The van der Waals surface area contributed by atoms with Crippen LogP contribution >= 0.6 is 11.6 Å². The maximum atomic E-state index is 12.6. The molecule has 2 rings (SSSR count). The number of halogens is 7. The number of benzene rings is 1. The second-order valence-electron chi connectivity index (χ2n) is 5.33. The number of Topliss-reactive ketones (excluding diaryl/α,β-unsaturated/α-hetero) is 1. The Balaban J connectivity index is 2.37. The Morgan fingerprint density at radius 1 is 1.19 bits per heavy atom. The van der Waals surface area contributed by atoms with Crippen LogP contribution in [0, 0.1) is 0 Å². The third kappa shape index (κ3) is 4.23. The van der Waals surface area contributed by atoms with Crippen LogP contribution in [0.1, 0.15) is 17.5 Å². The minimum atomic E-state index is -6.02. The molecule has 1 atom stereocenters. The Labute approximate surface area is 148 Å². The van der Waals surface area contributed by atoms with E-state index >= 15 is 0 Å². The molecular formula is C13H10ClF6NO4S. The third-order valence-corrected chi connectivity index (χ3v) is 4.85. The normalized spacial score (nSPS) is 18.8. The maximum Gasteiger partial charge on any atom is 0.534 e. The molecule has 0 spiro atoms. The molecule has 0 aromatic heterocycles. The summed E-state index contributed by atoms with van der Waals surface area (Å²) in [5, 5.41) is 1.88. The van der Waals surface area contributed by atoms with E-state index in [-0.39, 0.29) is 24.1 Å². The lowest BCUT2D eigenvalue weighted by atomic mass is 10.0. The number of hydrogen-bond acceptors (Lipinski definition) is 5. The van der Waals surface area contributed by atoms with Gasteiger partial charge in [-0.3, -0.25) is 4.79 Å². The Morgan fingerprint density at radius 2 is 1.81 bits per heavy atom. The number of nitrogens with one attached hydrogen (secondary N) is 1. The summed E-state index contributed by atoms with van der Waals surface area (Å²) < 4.78 is 102. The van der Waals surface area contributed by atoms with Crippen molar-refractivity contribution < 1.29 is 43.7 Å². The average Bonchev–Trinajstić information content (AvgIpc) is 2.70. The fraction of sp³-hybridized carbons (Fsp3) is 0.462. The van der Waals surface area contributed by atoms with Crippen molar-refractivity contribution in [2.45, 2.75) is 37.1 Å². The molecule has 0 radical (unpaired) electrons. The topological polar surface area (TPSA) is 72.5 Å². The van der Waals surface area contributed by atoms with E-state index in [2.05, 4.69) is 9.50 Å². The lowest BCUT2D eigenvalue weighted by molar-refractivity contribution is -0.173. The summed E-state index contributed by atoms with van der Waals surface area (Å²) in [7, 11) is -6.02. The average molecular weight is 426 g/mol. The van der Waals surface area contributed by atoms with Crippen LogP contribution in [0.2, 0.25) is 5.02 Å². The van der Waals surface area contributed by atoms with Gasteiger partial charge >= 0.3 is 21.8 Å². The largest absolute Gasteiger partial charge is 0.534 e. The summed E-state index contributed by atoms with van der Waals surface area (Å²) in [6.45, 7) is -0.318. The molecule has 1 aromatic carbocycles. The molecule has 1 aromatic rings. The summed E-state index contributed by atoms with van der Waals surface area (Å²) in [6.07, 6.45) is -5.88. The molecule has 0 fully saturated rings. The van der Waals surface area contributed by atoms with Crippen LogP contribution in [-0.2, 0) is 27.9 Å². The molecule has 1 aliphatic rings. The van der Waals surface area contributed by atoms with Crippen LogP contribution in [0.25, 0.3) is 0 Å². The molecule has 5 nitrogen and oxygen atoms in total. The molecule has 1 unspecified atom stereocenters. The standard InChI is InChI=1S/C13H10ClF6NO4S/c14-8-3-1-6-5-21-9(11(22)12(15,16)17)4-2-7(6)10(8)25-26(23,24)13(18,19)20/h1,3,9,21H,2,4-5H2. The van der Waals surface area contributed by atoms with Crippen molar-refractivity contribution in [3.63, 3.8) is 0 Å². The Kier molecular flexibility index (Phi) is 5.51. The first-order valence-corrected chi connectivity index (χ1v) is 8.68. The van der Waals surface area contributed by atoms with Crippen molar-refractivity contribution in [2.24, 2.45) is 0 Å². The van der Waals surface area contributed by atoms with Crippen LogP contribution in [0.4, 0.5) is 26.3 Å². The van der Waals surface area contributed by atoms with Gasteiger partial charge in [-0.1, -0.05) is 17.7 Å². The number of carbonyl (C=O) groups excluding carboxylic acids is 1. The van der Waals surface area contributed by atoms with Crippen molar-refractivity contribution in [1.29, 1.82) is 0 Å². The number of carbonyl (C=O) groups is 1. The van der Waals surface area contributed by atoms with Crippen LogP contribution < -0.4 is 9.50 Å². The molecular weight excluding hydrogens is 416 g/mol. The van der Waals surface area contributed by atoms with Crippen molar-refractivity contribution in [1.82, 2.24) is 5.32 Å². The van der Waals surface area contributed by atoms with Crippen LogP contribution in [0.15, 0.2) is 12.1 Å². The Bertz CT molecular complexity index is 821. The lowest BCUT2D eigenvalue weighted by Crippen LogP contribution is -2.43. The quantitative estimate of drug-likeness (QED) is 0.458. The van der Waals surface area contributed by atoms with Gasteiger partial charge in [-0.2, -0.15) is 34.8 Å². The molecule has 0 saturated heterocycles. The van der Waals surface area contributed by atoms with Gasteiger partial charge in [0, 0.05) is 12.1 Å². The second kappa shape index (κ2) is 6.89. The van der Waals surface area contributed by atoms with Gasteiger partial charge in [0.05, 0.1) is 11.1 Å². The number of rotatable bonds is 3. The van der Waals surface area contributed by atoms with E-state index in [1.807, 2.05) is 0 Å². The van der Waals surface area contributed by atoms with Crippen LogP contribution in [0.5, 0.6) is 5.75 Å². The number of alkyl halides is 6. The van der Waals surface area contributed by atoms with Crippen LogP contribution in [0.3, 0.4) is 0 Å². The minimum absolute atomic E-state index is 0.115. The smallest absolute Gasteiger partial charge is 0.374 e. The highest BCUT2D eigenvalue weighted by molar-refractivity contribution is 7.88. The van der Waals surface area contributed by atoms with Crippen molar-refractivity contribution in [2.75, 3.05) is 0 Å². The predicted octanol–water partition coefficient (Wildman–Crippen LogP) is 3.10. The van der Waals surface area contributed by atoms with Gasteiger partial charge in [-0.25, -0.2) is 0 Å². The molecule has 1 aliphatic heterocycles. The molecule has 0 saturated carbocycles. The Hall–Kier alpha value is -1.53. The fourth-order valence-corrected chi connectivity index (χ4v) is 3.14. The first kappa shape index (κ1) is 20.8. The van der Waals surface area contributed by atoms with Gasteiger partial charge in [-0.05, 0) is 24.5 Å². The zero-order valence-corrected chi connectivity index (χ0v) is 14.1. The molecule has 26 heavy (non-hydrogen) atoms. The van der Waals surface area contributed by atoms with Gasteiger partial charge < -0.3 is 9.50 Å². The highest BCUT2D eigenvalue weighted by Gasteiger charge is 2.49. The van der Waals surface area contributed by atoms with Gasteiger partial charge in [-0.15, -0.1) is 0 Å².